The van der Waals surface area contributed by atoms with Crippen LogP contribution in [0.25, 0.3) is 0 Å². The summed E-state index contributed by atoms with van der Waals surface area (Å²) in [6.45, 7) is 3.80. The molecule has 1 heterocycles. The van der Waals surface area contributed by atoms with E-state index in [1.54, 1.807) is 36.4 Å². The van der Waals surface area contributed by atoms with Crippen LogP contribution in [-0.4, -0.2) is 21.9 Å². The molecule has 5 nitrogen and oxygen atoms in total. The first-order valence-electron chi connectivity index (χ1n) is 8.64. The number of carbonyl (C=O) groups excluding carboxylic acids is 2. The minimum atomic E-state index is -0.789. The average Bonchev–Trinajstić information content (AvgIpc) is 2.86. The second-order valence-electron chi connectivity index (χ2n) is 6.93. The molecule has 6 heteroatoms. The molecule has 27 heavy (non-hydrogen) atoms. The second kappa shape index (κ2) is 7.45. The highest BCUT2D eigenvalue weighted by Gasteiger charge is 2.44. The summed E-state index contributed by atoms with van der Waals surface area (Å²) in [5.41, 5.74) is 1.15. The molecule has 2 N–H and O–H groups in total. The number of rotatable bonds is 5. The predicted octanol–water partition coefficient (Wildman–Crippen LogP) is 4.56. The summed E-state index contributed by atoms with van der Waals surface area (Å²) in [4.78, 5) is 27.0. The highest BCUT2D eigenvalue weighted by atomic mass is 35.5. The Morgan fingerprint density at radius 2 is 1.81 bits per heavy atom. The predicted molar refractivity (Wildman–Crippen MR) is 104 cm³/mol. The average molecular weight is 386 g/mol. The molecular weight excluding hydrogens is 366 g/mol. The molecule has 1 aliphatic rings. The number of hydrogen-bond acceptors (Lipinski definition) is 4. The van der Waals surface area contributed by atoms with Gasteiger partial charge in [-0.05, 0) is 41.8 Å². The number of carbonyl (C=O) groups is 2. The van der Waals surface area contributed by atoms with Crippen LogP contribution < -0.4 is 4.90 Å². The van der Waals surface area contributed by atoms with Crippen LogP contribution in [0.1, 0.15) is 31.9 Å². The molecule has 0 aromatic heterocycles. The van der Waals surface area contributed by atoms with Gasteiger partial charge in [0.1, 0.15) is 5.75 Å². The molecular formula is C21H20ClNO4. The van der Waals surface area contributed by atoms with E-state index in [0.29, 0.717) is 16.3 Å². The van der Waals surface area contributed by atoms with Gasteiger partial charge in [0, 0.05) is 17.1 Å². The Bertz CT molecular complexity index is 918. The third-order valence-corrected chi connectivity index (χ3v) is 4.63. The van der Waals surface area contributed by atoms with Gasteiger partial charge in [-0.25, -0.2) is 0 Å². The van der Waals surface area contributed by atoms with E-state index in [1.807, 2.05) is 13.8 Å². The molecule has 140 valence electrons. The summed E-state index contributed by atoms with van der Waals surface area (Å²) < 4.78 is 0. The van der Waals surface area contributed by atoms with E-state index in [2.05, 4.69) is 0 Å². The molecule has 1 atom stereocenters. The first-order valence-corrected chi connectivity index (χ1v) is 9.01. The highest BCUT2D eigenvalue weighted by molar-refractivity contribution is 6.31. The van der Waals surface area contributed by atoms with E-state index >= 15 is 0 Å². The number of phenols is 1. The lowest BCUT2D eigenvalue weighted by Crippen LogP contribution is -2.31. The summed E-state index contributed by atoms with van der Waals surface area (Å²) in [7, 11) is 0. The van der Waals surface area contributed by atoms with Crippen molar-refractivity contribution in [3.8, 4) is 5.75 Å². The number of amides is 1. The number of aromatic hydroxyl groups is 1. The monoisotopic (exact) mass is 385 g/mol. The lowest BCUT2D eigenvalue weighted by molar-refractivity contribution is -0.118. The van der Waals surface area contributed by atoms with E-state index < -0.39 is 17.7 Å². The number of aliphatic hydroxyl groups is 1. The van der Waals surface area contributed by atoms with Crippen LogP contribution in [-0.2, 0) is 9.59 Å². The number of hydrogen-bond donors (Lipinski definition) is 2. The number of halogens is 1. The topological polar surface area (TPSA) is 77.8 Å². The first-order chi connectivity index (χ1) is 12.8. The maximum absolute atomic E-state index is 12.8. The molecule has 0 saturated carbocycles. The minimum absolute atomic E-state index is 0.0689. The summed E-state index contributed by atoms with van der Waals surface area (Å²) >= 11 is 6.08. The van der Waals surface area contributed by atoms with Crippen LogP contribution in [0.2, 0.25) is 5.02 Å². The van der Waals surface area contributed by atoms with Crippen molar-refractivity contribution >= 4 is 29.0 Å². The first kappa shape index (κ1) is 19.0. The molecule has 1 amide bonds. The summed E-state index contributed by atoms with van der Waals surface area (Å²) in [5, 5.41) is 20.5. The van der Waals surface area contributed by atoms with Crippen LogP contribution in [0.3, 0.4) is 0 Å². The van der Waals surface area contributed by atoms with Gasteiger partial charge in [0.15, 0.2) is 11.5 Å². The molecule has 0 radical (unpaired) electrons. The van der Waals surface area contributed by atoms with Crippen molar-refractivity contribution in [2.45, 2.75) is 26.3 Å². The number of Topliss-reactive ketones (excluding diaryl/α,β-unsaturated/α-hetero) is 1. The van der Waals surface area contributed by atoms with Crippen molar-refractivity contribution in [3.63, 3.8) is 0 Å². The fraction of sp³-hybridized carbons (Fsp3) is 0.238. The number of anilines is 1. The van der Waals surface area contributed by atoms with Gasteiger partial charge < -0.3 is 10.2 Å². The van der Waals surface area contributed by atoms with Gasteiger partial charge in [-0.2, -0.15) is 0 Å². The Hall–Kier alpha value is -2.79. The zero-order chi connectivity index (χ0) is 19.7. The molecule has 2 aromatic rings. The van der Waals surface area contributed by atoms with E-state index in [0.717, 1.165) is 0 Å². The van der Waals surface area contributed by atoms with E-state index in [4.69, 9.17) is 11.6 Å². The minimum Gasteiger partial charge on any atom is -0.508 e. The zero-order valence-corrected chi connectivity index (χ0v) is 15.8. The Morgan fingerprint density at radius 1 is 1.15 bits per heavy atom. The quantitative estimate of drug-likeness (QED) is 0.790. The SMILES string of the molecule is CC(C)CC(=O)C1=C(O)C(=O)N(c2cccc(Cl)c2)C1c1ccc(O)cc1. The van der Waals surface area contributed by atoms with Crippen LogP contribution in [0.5, 0.6) is 5.75 Å². The van der Waals surface area contributed by atoms with Crippen LogP contribution in [0.4, 0.5) is 5.69 Å². The number of aliphatic hydroxyl groups excluding tert-OH is 1. The van der Waals surface area contributed by atoms with Crippen molar-refractivity contribution in [2.24, 2.45) is 5.92 Å². The highest BCUT2D eigenvalue weighted by Crippen LogP contribution is 2.42. The summed E-state index contributed by atoms with van der Waals surface area (Å²) in [6.07, 6.45) is 0.213. The summed E-state index contributed by atoms with van der Waals surface area (Å²) in [5.74, 6) is -1.33. The number of benzene rings is 2. The van der Waals surface area contributed by atoms with Crippen LogP contribution in [0, 0.1) is 5.92 Å². The summed E-state index contributed by atoms with van der Waals surface area (Å²) in [6, 6.07) is 12.1. The van der Waals surface area contributed by atoms with E-state index in [-0.39, 0.29) is 29.4 Å². The van der Waals surface area contributed by atoms with Gasteiger partial charge in [0.25, 0.3) is 5.91 Å². The third-order valence-electron chi connectivity index (χ3n) is 4.40. The molecule has 0 saturated heterocycles. The molecule has 0 spiro atoms. The molecule has 0 fully saturated rings. The molecule has 3 rings (SSSR count). The third kappa shape index (κ3) is 3.69. The fourth-order valence-electron chi connectivity index (χ4n) is 3.24. The zero-order valence-electron chi connectivity index (χ0n) is 15.0. The van der Waals surface area contributed by atoms with E-state index in [9.17, 15) is 19.8 Å². The van der Waals surface area contributed by atoms with Crippen molar-refractivity contribution < 1.29 is 19.8 Å². The Morgan fingerprint density at radius 3 is 2.41 bits per heavy atom. The lowest BCUT2D eigenvalue weighted by atomic mass is 9.92. The molecule has 2 aromatic carbocycles. The number of phenolic OH excluding ortho intramolecular Hbond substituents is 1. The lowest BCUT2D eigenvalue weighted by Gasteiger charge is -2.27. The Labute approximate surface area is 162 Å². The molecule has 0 bridgehead atoms. The van der Waals surface area contributed by atoms with Crippen LogP contribution >= 0.6 is 11.6 Å². The van der Waals surface area contributed by atoms with Gasteiger partial charge in [-0.3, -0.25) is 14.5 Å². The fourth-order valence-corrected chi connectivity index (χ4v) is 3.42. The Kier molecular flexibility index (Phi) is 5.24. The molecule has 1 unspecified atom stereocenters. The largest absolute Gasteiger partial charge is 0.508 e. The van der Waals surface area contributed by atoms with Crippen molar-refractivity contribution in [1.82, 2.24) is 0 Å². The normalized spacial score (nSPS) is 17.1. The Balaban J connectivity index is 2.15. The smallest absolute Gasteiger partial charge is 0.294 e. The number of nitrogens with zero attached hydrogens (tertiary/aromatic N) is 1. The van der Waals surface area contributed by atoms with Crippen molar-refractivity contribution in [2.75, 3.05) is 4.90 Å². The number of ketones is 1. The van der Waals surface area contributed by atoms with Crippen molar-refractivity contribution in [1.29, 1.82) is 0 Å². The van der Waals surface area contributed by atoms with Gasteiger partial charge in [-0.1, -0.05) is 43.6 Å². The van der Waals surface area contributed by atoms with Gasteiger partial charge in [0.05, 0.1) is 11.6 Å². The standard InChI is InChI=1S/C21H20ClNO4/c1-12(2)10-17(25)18-19(13-6-8-16(24)9-7-13)23(21(27)20(18)26)15-5-3-4-14(22)11-15/h3-9,11-12,19,24,26H,10H2,1-2H3. The van der Waals surface area contributed by atoms with Crippen molar-refractivity contribution in [3.05, 3.63) is 70.4 Å². The van der Waals surface area contributed by atoms with Gasteiger partial charge in [-0.15, -0.1) is 0 Å². The molecule has 1 aliphatic heterocycles. The van der Waals surface area contributed by atoms with Crippen LogP contribution in [0.15, 0.2) is 59.9 Å². The second-order valence-corrected chi connectivity index (χ2v) is 7.37. The maximum Gasteiger partial charge on any atom is 0.294 e. The van der Waals surface area contributed by atoms with Gasteiger partial charge >= 0.3 is 0 Å². The maximum atomic E-state index is 12.8. The van der Waals surface area contributed by atoms with Gasteiger partial charge in [0.2, 0.25) is 0 Å². The molecule has 0 aliphatic carbocycles. The van der Waals surface area contributed by atoms with E-state index in [1.165, 1.54) is 17.0 Å².